The van der Waals surface area contributed by atoms with Gasteiger partial charge in [-0.1, -0.05) is 44.4 Å². The molecule has 0 aliphatic carbocycles. The van der Waals surface area contributed by atoms with Crippen molar-refractivity contribution in [3.8, 4) is 0 Å². The number of unbranched alkanes of at least 4 members (excludes halogenated alkanes) is 2. The van der Waals surface area contributed by atoms with Gasteiger partial charge >= 0.3 is 5.97 Å². The molecule has 0 saturated carbocycles. The molecule has 5 heteroatoms. The summed E-state index contributed by atoms with van der Waals surface area (Å²) in [6, 6.07) is 8.23. The van der Waals surface area contributed by atoms with Crippen molar-refractivity contribution in [1.29, 1.82) is 0 Å². The van der Waals surface area contributed by atoms with E-state index in [0.29, 0.717) is 11.3 Å². The SMILES string of the molecule is CCCCCC1SCC(C(=O)O)N1C(=O)c1ccccc1. The minimum atomic E-state index is -0.912. The third-order valence-corrected chi connectivity index (χ3v) is 5.04. The van der Waals surface area contributed by atoms with Crippen LogP contribution >= 0.6 is 11.8 Å². The molecule has 1 aromatic carbocycles. The van der Waals surface area contributed by atoms with Crippen LogP contribution in [0, 0.1) is 0 Å². The molecule has 1 fully saturated rings. The van der Waals surface area contributed by atoms with Gasteiger partial charge in [0.2, 0.25) is 0 Å². The van der Waals surface area contributed by atoms with E-state index in [2.05, 4.69) is 6.92 Å². The fourth-order valence-corrected chi connectivity index (χ4v) is 3.99. The number of carboxylic acids is 1. The number of nitrogens with zero attached hydrogens (tertiary/aromatic N) is 1. The molecule has 1 aromatic rings. The lowest BCUT2D eigenvalue weighted by molar-refractivity contribution is -0.141. The van der Waals surface area contributed by atoms with Crippen LogP contribution in [0.2, 0.25) is 0 Å². The molecule has 0 bridgehead atoms. The molecule has 0 spiro atoms. The Labute approximate surface area is 129 Å². The van der Waals surface area contributed by atoms with Crippen molar-refractivity contribution >= 4 is 23.6 Å². The highest BCUT2D eigenvalue weighted by Crippen LogP contribution is 2.34. The first-order chi connectivity index (χ1) is 10.1. The molecule has 0 radical (unpaired) electrons. The van der Waals surface area contributed by atoms with Gasteiger partial charge in [0.05, 0.1) is 5.37 Å². The van der Waals surface area contributed by atoms with Crippen molar-refractivity contribution in [2.24, 2.45) is 0 Å². The summed E-state index contributed by atoms with van der Waals surface area (Å²) >= 11 is 1.58. The summed E-state index contributed by atoms with van der Waals surface area (Å²) in [4.78, 5) is 25.6. The highest BCUT2D eigenvalue weighted by Gasteiger charge is 2.41. The number of thioether (sulfide) groups is 1. The molecular weight excluding hydrogens is 286 g/mol. The number of hydrogen-bond donors (Lipinski definition) is 1. The maximum absolute atomic E-state index is 12.7. The van der Waals surface area contributed by atoms with Crippen molar-refractivity contribution in [3.63, 3.8) is 0 Å². The summed E-state index contributed by atoms with van der Waals surface area (Å²) in [5, 5.41) is 9.34. The average molecular weight is 307 g/mol. The number of carbonyl (C=O) groups excluding carboxylic acids is 1. The standard InChI is InChI=1S/C16H21NO3S/c1-2-3-5-10-14-17(13(11-21-14)16(19)20)15(18)12-8-6-4-7-9-12/h4,6-9,13-14H,2-3,5,10-11H2,1H3,(H,19,20). The Kier molecular flexibility index (Phi) is 5.67. The molecule has 1 saturated heterocycles. The molecule has 1 aliphatic rings. The lowest BCUT2D eigenvalue weighted by Crippen LogP contribution is -2.45. The first kappa shape index (κ1) is 15.9. The van der Waals surface area contributed by atoms with E-state index in [1.54, 1.807) is 40.9 Å². The fraction of sp³-hybridized carbons (Fsp3) is 0.500. The van der Waals surface area contributed by atoms with Crippen LogP contribution in [0.25, 0.3) is 0 Å². The van der Waals surface area contributed by atoms with Crippen LogP contribution in [0.15, 0.2) is 30.3 Å². The minimum absolute atomic E-state index is 0.0228. The number of carboxylic acid groups (broad SMARTS) is 1. The van der Waals surface area contributed by atoms with E-state index < -0.39 is 12.0 Å². The van der Waals surface area contributed by atoms with Crippen LogP contribution in [0.5, 0.6) is 0 Å². The number of hydrogen-bond acceptors (Lipinski definition) is 3. The zero-order chi connectivity index (χ0) is 15.2. The number of aliphatic carboxylic acids is 1. The molecule has 0 aromatic heterocycles. The molecule has 1 N–H and O–H groups in total. The normalized spacial score (nSPS) is 21.5. The second kappa shape index (κ2) is 7.50. The lowest BCUT2D eigenvalue weighted by Gasteiger charge is -2.27. The summed E-state index contributed by atoms with van der Waals surface area (Å²) in [5.41, 5.74) is 0.562. The number of rotatable bonds is 6. The molecule has 1 aliphatic heterocycles. The van der Waals surface area contributed by atoms with Gasteiger partial charge in [0.15, 0.2) is 0 Å². The molecule has 21 heavy (non-hydrogen) atoms. The van der Waals surface area contributed by atoms with Crippen molar-refractivity contribution in [3.05, 3.63) is 35.9 Å². The van der Waals surface area contributed by atoms with Gasteiger partial charge in [-0.15, -0.1) is 11.8 Å². The second-order valence-corrected chi connectivity index (χ2v) is 6.43. The summed E-state index contributed by atoms with van der Waals surface area (Å²) < 4.78 is 0. The second-order valence-electron chi connectivity index (χ2n) is 5.22. The van der Waals surface area contributed by atoms with Gasteiger partial charge in [0, 0.05) is 11.3 Å². The predicted molar refractivity (Wildman–Crippen MR) is 84.4 cm³/mol. The van der Waals surface area contributed by atoms with Crippen molar-refractivity contribution in [1.82, 2.24) is 4.90 Å². The quantitative estimate of drug-likeness (QED) is 0.820. The lowest BCUT2D eigenvalue weighted by atomic mass is 10.1. The van der Waals surface area contributed by atoms with E-state index in [0.717, 1.165) is 25.7 Å². The van der Waals surface area contributed by atoms with E-state index in [-0.39, 0.29) is 11.3 Å². The first-order valence-corrected chi connectivity index (χ1v) is 8.42. The smallest absolute Gasteiger partial charge is 0.327 e. The first-order valence-electron chi connectivity index (χ1n) is 7.37. The zero-order valence-electron chi connectivity index (χ0n) is 12.2. The maximum atomic E-state index is 12.7. The average Bonchev–Trinajstić information content (AvgIpc) is 2.92. The zero-order valence-corrected chi connectivity index (χ0v) is 13.0. The van der Waals surface area contributed by atoms with Gasteiger partial charge in [-0.05, 0) is 18.6 Å². The summed E-state index contributed by atoms with van der Waals surface area (Å²) in [7, 11) is 0. The van der Waals surface area contributed by atoms with Crippen molar-refractivity contribution in [2.45, 2.75) is 44.0 Å². The molecule has 1 heterocycles. The van der Waals surface area contributed by atoms with E-state index in [1.165, 1.54) is 0 Å². The Morgan fingerprint density at radius 2 is 2.00 bits per heavy atom. The van der Waals surface area contributed by atoms with E-state index in [1.807, 2.05) is 6.07 Å². The van der Waals surface area contributed by atoms with E-state index in [9.17, 15) is 14.7 Å². The fourth-order valence-electron chi connectivity index (χ4n) is 2.55. The summed E-state index contributed by atoms with van der Waals surface area (Å²) in [5.74, 6) is -0.607. The van der Waals surface area contributed by atoms with Crippen molar-refractivity contribution < 1.29 is 14.7 Å². The van der Waals surface area contributed by atoms with E-state index >= 15 is 0 Å². The third kappa shape index (κ3) is 3.79. The van der Waals surface area contributed by atoms with Crippen LogP contribution in [0.3, 0.4) is 0 Å². The van der Waals surface area contributed by atoms with Gasteiger partial charge in [0.25, 0.3) is 5.91 Å². The Morgan fingerprint density at radius 1 is 1.29 bits per heavy atom. The minimum Gasteiger partial charge on any atom is -0.480 e. The monoisotopic (exact) mass is 307 g/mol. The molecular formula is C16H21NO3S. The molecule has 114 valence electrons. The van der Waals surface area contributed by atoms with Crippen LogP contribution in [0.4, 0.5) is 0 Å². The third-order valence-electron chi connectivity index (χ3n) is 3.69. The van der Waals surface area contributed by atoms with Crippen LogP contribution in [-0.4, -0.2) is 39.1 Å². The molecule has 1 amide bonds. The summed E-state index contributed by atoms with van der Waals surface area (Å²) in [6.45, 7) is 2.13. The molecule has 4 nitrogen and oxygen atoms in total. The van der Waals surface area contributed by atoms with Crippen molar-refractivity contribution in [2.75, 3.05) is 5.75 Å². The van der Waals surface area contributed by atoms with Gasteiger partial charge in [-0.25, -0.2) is 4.79 Å². The highest BCUT2D eigenvalue weighted by molar-refractivity contribution is 8.00. The molecule has 2 unspecified atom stereocenters. The van der Waals surface area contributed by atoms with Crippen LogP contribution < -0.4 is 0 Å². The Morgan fingerprint density at radius 3 is 2.62 bits per heavy atom. The predicted octanol–water partition coefficient (Wildman–Crippen LogP) is 3.24. The Balaban J connectivity index is 2.16. The van der Waals surface area contributed by atoms with Gasteiger partial charge in [0.1, 0.15) is 6.04 Å². The van der Waals surface area contributed by atoms with Crippen LogP contribution in [0.1, 0.15) is 43.0 Å². The van der Waals surface area contributed by atoms with E-state index in [4.69, 9.17) is 0 Å². The highest BCUT2D eigenvalue weighted by atomic mass is 32.2. The largest absolute Gasteiger partial charge is 0.480 e. The van der Waals surface area contributed by atoms with Gasteiger partial charge in [-0.3, -0.25) is 4.79 Å². The van der Waals surface area contributed by atoms with Gasteiger partial charge < -0.3 is 10.0 Å². The number of benzene rings is 1. The van der Waals surface area contributed by atoms with Crippen LogP contribution in [-0.2, 0) is 4.79 Å². The topological polar surface area (TPSA) is 57.6 Å². The number of amides is 1. The van der Waals surface area contributed by atoms with Gasteiger partial charge in [-0.2, -0.15) is 0 Å². The Bertz CT molecular complexity index is 492. The number of carbonyl (C=O) groups is 2. The maximum Gasteiger partial charge on any atom is 0.327 e. The molecule has 2 atom stereocenters. The Hall–Kier alpha value is -1.49. The summed E-state index contributed by atoms with van der Waals surface area (Å²) in [6.07, 6.45) is 4.12. The molecule has 2 rings (SSSR count).